The predicted molar refractivity (Wildman–Crippen MR) is 88.6 cm³/mol. The van der Waals surface area contributed by atoms with Gasteiger partial charge in [-0.1, -0.05) is 37.6 Å². The zero-order chi connectivity index (χ0) is 17.3. The smallest absolute Gasteiger partial charge is 0.355 e. The number of fused-ring (bicyclic) bond motifs is 2. The summed E-state index contributed by atoms with van der Waals surface area (Å²) in [7, 11) is 0. The molecule has 5 heteroatoms. The van der Waals surface area contributed by atoms with E-state index in [0.29, 0.717) is 17.7 Å². The van der Waals surface area contributed by atoms with Crippen LogP contribution < -0.4 is 0 Å². The number of rotatable bonds is 5. The van der Waals surface area contributed by atoms with Crippen LogP contribution in [0.15, 0.2) is 30.5 Å². The molecule has 1 aromatic heterocycles. The highest BCUT2D eigenvalue weighted by Gasteiger charge is 2.36. The number of ether oxygens (including phenoxy) is 1. The van der Waals surface area contributed by atoms with E-state index in [0.717, 1.165) is 12.8 Å². The van der Waals surface area contributed by atoms with Crippen molar-refractivity contribution < 1.29 is 19.1 Å². The van der Waals surface area contributed by atoms with Gasteiger partial charge in [0.25, 0.3) is 0 Å². The zero-order valence-electron chi connectivity index (χ0n) is 13.8. The highest BCUT2D eigenvalue weighted by Crippen LogP contribution is 2.31. The summed E-state index contributed by atoms with van der Waals surface area (Å²) in [6, 6.07) is 6.71. The number of hydrogen-bond acceptors (Lipinski definition) is 4. The van der Waals surface area contributed by atoms with E-state index < -0.39 is 5.97 Å². The minimum atomic E-state index is -0.560. The van der Waals surface area contributed by atoms with E-state index >= 15 is 0 Å². The lowest BCUT2D eigenvalue weighted by Crippen LogP contribution is -2.22. The lowest BCUT2D eigenvalue weighted by Gasteiger charge is -2.15. The molecule has 0 atom stereocenters. The summed E-state index contributed by atoms with van der Waals surface area (Å²) in [5, 5.41) is 0. The van der Waals surface area contributed by atoms with Gasteiger partial charge in [-0.2, -0.15) is 0 Å². The van der Waals surface area contributed by atoms with E-state index in [1.165, 1.54) is 0 Å². The van der Waals surface area contributed by atoms with Crippen LogP contribution in [0.3, 0.4) is 0 Å². The Balaban J connectivity index is 2.19. The normalized spacial score (nSPS) is 12.8. The van der Waals surface area contributed by atoms with Crippen LogP contribution >= 0.6 is 0 Å². The second kappa shape index (κ2) is 6.43. The maximum Gasteiger partial charge on any atom is 0.355 e. The first-order chi connectivity index (χ1) is 11.6. The first kappa shape index (κ1) is 16.2. The van der Waals surface area contributed by atoms with E-state index in [9.17, 15) is 14.4 Å². The fourth-order valence-electron chi connectivity index (χ4n) is 3.04. The second-order valence-electron chi connectivity index (χ2n) is 5.74. The Labute approximate surface area is 140 Å². The molecule has 0 saturated carbocycles. The maximum atomic E-state index is 12.9. The molecule has 24 heavy (non-hydrogen) atoms. The third-order valence-corrected chi connectivity index (χ3v) is 4.19. The van der Waals surface area contributed by atoms with Crippen LogP contribution in [0.25, 0.3) is 0 Å². The fourth-order valence-corrected chi connectivity index (χ4v) is 3.04. The highest BCUT2D eigenvalue weighted by molar-refractivity contribution is 6.30. The van der Waals surface area contributed by atoms with E-state index in [2.05, 4.69) is 0 Å². The van der Waals surface area contributed by atoms with Gasteiger partial charge in [0.1, 0.15) is 5.69 Å². The molecule has 0 spiro atoms. The van der Waals surface area contributed by atoms with E-state index in [1.807, 2.05) is 6.92 Å². The minimum Gasteiger partial charge on any atom is -0.461 e. The van der Waals surface area contributed by atoms with Crippen molar-refractivity contribution in [1.82, 2.24) is 4.57 Å². The van der Waals surface area contributed by atoms with Crippen molar-refractivity contribution in [1.29, 1.82) is 0 Å². The topological polar surface area (TPSA) is 65.4 Å². The number of unbranched alkanes of at least 4 members (excludes halogenated alkanes) is 1. The van der Waals surface area contributed by atoms with Crippen molar-refractivity contribution in [2.24, 2.45) is 0 Å². The Bertz CT molecular complexity index is 832. The average Bonchev–Trinajstić information content (AvgIpc) is 2.98. The molecule has 0 fully saturated rings. The maximum absolute atomic E-state index is 12.9. The zero-order valence-corrected chi connectivity index (χ0v) is 13.8. The second-order valence-corrected chi connectivity index (χ2v) is 5.74. The van der Waals surface area contributed by atoms with Gasteiger partial charge in [-0.25, -0.2) is 4.79 Å². The molecule has 0 unspecified atom stereocenters. The molecular formula is C19H19NO4. The van der Waals surface area contributed by atoms with E-state index in [4.69, 9.17) is 4.74 Å². The number of nitrogens with zero attached hydrogens (tertiary/aromatic N) is 1. The number of aryl methyl sites for hydroxylation is 1. The molecule has 1 aliphatic rings. The fraction of sp³-hybridized carbons (Fsp3) is 0.316. The van der Waals surface area contributed by atoms with Gasteiger partial charge in [0.05, 0.1) is 17.7 Å². The quantitative estimate of drug-likeness (QED) is 0.676. The van der Waals surface area contributed by atoms with Gasteiger partial charge < -0.3 is 9.30 Å². The number of aromatic nitrogens is 1. The van der Waals surface area contributed by atoms with Crippen molar-refractivity contribution in [3.05, 3.63) is 58.4 Å². The molecule has 0 amide bonds. The number of hydrogen-bond donors (Lipinski definition) is 0. The molecule has 3 rings (SSSR count). The molecule has 0 N–H and O–H groups in total. The van der Waals surface area contributed by atoms with Crippen LogP contribution in [0.1, 0.15) is 69.0 Å². The van der Waals surface area contributed by atoms with Gasteiger partial charge in [-0.15, -0.1) is 0 Å². The monoisotopic (exact) mass is 325 g/mol. The van der Waals surface area contributed by atoms with Crippen molar-refractivity contribution >= 4 is 17.5 Å². The third-order valence-electron chi connectivity index (χ3n) is 4.19. The summed E-state index contributed by atoms with van der Waals surface area (Å²) in [6.45, 7) is 4.53. The van der Waals surface area contributed by atoms with Crippen molar-refractivity contribution in [2.45, 2.75) is 33.2 Å². The molecule has 1 heterocycles. The van der Waals surface area contributed by atoms with Gasteiger partial charge in [-0.05, 0) is 13.3 Å². The molecule has 0 saturated heterocycles. The molecule has 0 aliphatic heterocycles. The van der Waals surface area contributed by atoms with Gasteiger partial charge in [0.15, 0.2) is 11.6 Å². The number of carbonyl (C=O) groups is 3. The Kier molecular flexibility index (Phi) is 4.34. The summed E-state index contributed by atoms with van der Waals surface area (Å²) in [5.74, 6) is -1.07. The van der Waals surface area contributed by atoms with Gasteiger partial charge in [-0.3, -0.25) is 9.59 Å². The average molecular weight is 325 g/mol. The van der Waals surface area contributed by atoms with Crippen LogP contribution in [0, 0.1) is 0 Å². The number of benzene rings is 1. The molecule has 2 aromatic rings. The lowest BCUT2D eigenvalue weighted by atomic mass is 9.85. The molecular weight excluding hydrogens is 306 g/mol. The summed E-state index contributed by atoms with van der Waals surface area (Å²) in [4.78, 5) is 38.1. The summed E-state index contributed by atoms with van der Waals surface area (Å²) in [5.41, 5.74) is 1.38. The van der Waals surface area contributed by atoms with Gasteiger partial charge >= 0.3 is 5.97 Å². The SMILES string of the molecule is CCCCn1cc2c(c1C(=O)OCC)C(=O)c1ccccc1C2=O. The Morgan fingerprint density at radius 2 is 1.71 bits per heavy atom. The standard InChI is InChI=1S/C19H19NO4/c1-3-5-10-20-11-14-15(16(20)19(23)24-4-2)18(22)13-9-7-6-8-12(13)17(14)21/h6-9,11H,3-5,10H2,1-2H3. The van der Waals surface area contributed by atoms with Crippen LogP contribution in [0.4, 0.5) is 0 Å². The molecule has 0 radical (unpaired) electrons. The van der Waals surface area contributed by atoms with Crippen LogP contribution in [0.5, 0.6) is 0 Å². The Morgan fingerprint density at radius 3 is 2.33 bits per heavy atom. The van der Waals surface area contributed by atoms with E-state index in [-0.39, 0.29) is 35.0 Å². The van der Waals surface area contributed by atoms with Crippen molar-refractivity contribution in [3.8, 4) is 0 Å². The van der Waals surface area contributed by atoms with E-state index in [1.54, 1.807) is 42.0 Å². The van der Waals surface area contributed by atoms with Crippen molar-refractivity contribution in [2.75, 3.05) is 6.61 Å². The molecule has 1 aromatic carbocycles. The number of carbonyl (C=O) groups excluding carboxylic acids is 3. The number of ketones is 2. The molecule has 0 bridgehead atoms. The van der Waals surface area contributed by atoms with Crippen molar-refractivity contribution in [3.63, 3.8) is 0 Å². The molecule has 1 aliphatic carbocycles. The first-order valence-corrected chi connectivity index (χ1v) is 8.18. The van der Waals surface area contributed by atoms with Crippen LogP contribution in [-0.2, 0) is 11.3 Å². The number of esters is 1. The van der Waals surface area contributed by atoms with Crippen LogP contribution in [0.2, 0.25) is 0 Å². The Hall–Kier alpha value is -2.69. The largest absolute Gasteiger partial charge is 0.461 e. The van der Waals surface area contributed by atoms with Crippen LogP contribution in [-0.4, -0.2) is 28.7 Å². The third kappa shape index (κ3) is 2.46. The highest BCUT2D eigenvalue weighted by atomic mass is 16.5. The summed E-state index contributed by atoms with van der Waals surface area (Å²) in [6.07, 6.45) is 3.40. The van der Waals surface area contributed by atoms with Gasteiger partial charge in [0, 0.05) is 23.9 Å². The minimum absolute atomic E-state index is 0.174. The summed E-state index contributed by atoms with van der Waals surface area (Å²) >= 11 is 0. The Morgan fingerprint density at radius 1 is 1.04 bits per heavy atom. The lowest BCUT2D eigenvalue weighted by molar-refractivity contribution is 0.0510. The molecule has 124 valence electrons. The molecule has 5 nitrogen and oxygen atoms in total. The predicted octanol–water partition coefficient (Wildman–Crippen LogP) is 3.24. The first-order valence-electron chi connectivity index (χ1n) is 8.18. The van der Waals surface area contributed by atoms with Gasteiger partial charge in [0.2, 0.25) is 0 Å². The summed E-state index contributed by atoms with van der Waals surface area (Å²) < 4.78 is 6.81.